The molecule has 0 aliphatic heterocycles. The van der Waals surface area contributed by atoms with E-state index >= 15 is 22.0 Å². The van der Waals surface area contributed by atoms with Gasteiger partial charge in [-0.05, 0) is 6.07 Å². The minimum absolute atomic E-state index is 0.353. The first kappa shape index (κ1) is 34.6. The Morgan fingerprint density at radius 2 is 0.860 bits per heavy atom. The molecule has 2 nitrogen and oxygen atoms in total. The van der Waals surface area contributed by atoms with Crippen LogP contribution in [-0.4, -0.2) is 7.12 Å². The molecule has 50 heavy (non-hydrogen) atoms. The number of hydrogen-bond donors (Lipinski definition) is 0. The molecule has 0 radical (unpaired) electrons. The Balaban J connectivity index is 1.74. The maximum atomic E-state index is 15.9. The molecule has 260 valence electrons. The predicted octanol–water partition coefficient (Wildman–Crippen LogP) is 9.04. The summed E-state index contributed by atoms with van der Waals surface area (Å²) in [4.78, 5) is 0. The van der Waals surface area contributed by atoms with E-state index in [9.17, 15) is 57.1 Å². The second kappa shape index (κ2) is 11.4. The van der Waals surface area contributed by atoms with E-state index in [1.807, 2.05) is 0 Å². The van der Waals surface area contributed by atoms with Crippen LogP contribution in [0.3, 0.4) is 0 Å². The first-order chi connectivity index (χ1) is 23.3. The fourth-order valence-corrected chi connectivity index (χ4v) is 5.26. The maximum Gasteiger partial charge on any atom is 0.636 e. The van der Waals surface area contributed by atoms with Crippen LogP contribution in [0.25, 0.3) is 21.9 Å². The monoisotopic (exact) mass is 736 g/mol. The third-order valence-electron chi connectivity index (χ3n) is 7.43. The van der Waals surface area contributed by atoms with E-state index in [0.29, 0.717) is 18.2 Å². The van der Waals surface area contributed by atoms with E-state index in [4.69, 9.17) is 4.65 Å². The van der Waals surface area contributed by atoms with Gasteiger partial charge in [0.2, 0.25) is 29.1 Å². The molecule has 0 unspecified atom stereocenters. The fraction of sp³-hybridized carbons (Fsp3) is 0.0345. The Bertz CT molecular complexity index is 2320. The Labute approximate surface area is 263 Å². The highest BCUT2D eigenvalue weighted by Gasteiger charge is 2.57. The quantitative estimate of drug-likeness (QED) is 0.0777. The summed E-state index contributed by atoms with van der Waals surface area (Å²) < 4.78 is 273. The average molecular weight is 736 g/mol. The zero-order valence-electron chi connectivity index (χ0n) is 22.9. The van der Waals surface area contributed by atoms with Gasteiger partial charge < -0.3 is 9.31 Å². The highest BCUT2D eigenvalue weighted by atomic mass is 19.3. The molecule has 0 aromatic heterocycles. The van der Waals surface area contributed by atoms with Crippen LogP contribution in [0.15, 0.2) is 18.2 Å². The smallest absolute Gasteiger partial charge is 0.521 e. The lowest BCUT2D eigenvalue weighted by Gasteiger charge is -2.24. The first-order valence-corrected chi connectivity index (χ1v) is 12.8. The van der Waals surface area contributed by atoms with Crippen molar-refractivity contribution in [2.75, 3.05) is 0 Å². The van der Waals surface area contributed by atoms with E-state index in [1.165, 1.54) is 0 Å². The van der Waals surface area contributed by atoms with Crippen molar-refractivity contribution in [2.24, 2.45) is 0 Å². The molecule has 0 spiro atoms. The van der Waals surface area contributed by atoms with Crippen LogP contribution in [-0.2, 0) is 5.92 Å². The van der Waals surface area contributed by atoms with Gasteiger partial charge in [0.25, 0.3) is 0 Å². The van der Waals surface area contributed by atoms with Crippen molar-refractivity contribution in [3.63, 3.8) is 0 Å². The zero-order chi connectivity index (χ0) is 37.0. The van der Waals surface area contributed by atoms with Crippen LogP contribution in [0, 0.1) is 93.1 Å². The van der Waals surface area contributed by atoms with Gasteiger partial charge >= 0.3 is 13.0 Å². The summed E-state index contributed by atoms with van der Waals surface area (Å²) in [5.74, 6) is -54.6. The van der Waals surface area contributed by atoms with Crippen molar-refractivity contribution in [3.8, 4) is 22.6 Å². The second-order valence-electron chi connectivity index (χ2n) is 10.1. The summed E-state index contributed by atoms with van der Waals surface area (Å²) in [5, 5.41) is -2.87. The summed E-state index contributed by atoms with van der Waals surface area (Å²) in [7, 11) is -3.81. The third kappa shape index (κ3) is 4.50. The van der Waals surface area contributed by atoms with Gasteiger partial charge in [0.1, 0.15) is 5.75 Å². The van der Waals surface area contributed by atoms with Crippen LogP contribution in [0.5, 0.6) is 11.5 Å². The maximum absolute atomic E-state index is 15.9. The number of rotatable bonds is 5. The topological polar surface area (TPSA) is 18.5 Å². The molecule has 0 saturated heterocycles. The highest BCUT2D eigenvalue weighted by molar-refractivity contribution is 6.64. The van der Waals surface area contributed by atoms with Crippen molar-refractivity contribution in [2.45, 2.75) is 5.92 Å². The Morgan fingerprint density at radius 1 is 0.420 bits per heavy atom. The number of halogens is 18. The van der Waals surface area contributed by atoms with Crippen LogP contribution >= 0.6 is 0 Å². The molecule has 0 amide bonds. The molecule has 5 aromatic carbocycles. The molecule has 0 fully saturated rings. The number of fused-ring (bicyclic) bond motifs is 4. The molecule has 1 aliphatic carbocycles. The van der Waals surface area contributed by atoms with E-state index in [0.717, 1.165) is 0 Å². The molecule has 0 heterocycles. The average Bonchev–Trinajstić information content (AvgIpc) is 3.33. The van der Waals surface area contributed by atoms with Crippen LogP contribution in [0.1, 0.15) is 11.1 Å². The molecule has 6 rings (SSSR count). The molecule has 1 aliphatic rings. The van der Waals surface area contributed by atoms with Crippen molar-refractivity contribution < 1.29 is 88.3 Å². The molecular formula is C29H3BF18O2. The Morgan fingerprint density at radius 3 is 1.44 bits per heavy atom. The fourth-order valence-electron chi connectivity index (χ4n) is 5.26. The highest BCUT2D eigenvalue weighted by Crippen LogP contribution is 2.55. The van der Waals surface area contributed by atoms with Gasteiger partial charge in [-0.3, -0.25) is 0 Å². The molecule has 0 atom stereocenters. The van der Waals surface area contributed by atoms with E-state index in [-0.39, 0.29) is 0 Å². The Hall–Kier alpha value is -5.24. The van der Waals surface area contributed by atoms with E-state index in [2.05, 4.69) is 4.65 Å². The second-order valence-corrected chi connectivity index (χ2v) is 10.1. The number of alkyl halides is 2. The third-order valence-corrected chi connectivity index (χ3v) is 7.43. The van der Waals surface area contributed by atoms with Gasteiger partial charge in [-0.15, -0.1) is 0 Å². The minimum Gasteiger partial charge on any atom is -0.521 e. The lowest BCUT2D eigenvalue weighted by molar-refractivity contribution is 0.0433. The SMILES string of the molecule is Fc1c(F)c(F)c(OB(Oc2cccc3c(F)c(F)c(F)c(F)c23)c2c(F)c(F)c(F)c3c2C(F)(F)c2c(F)c(F)c(F)c(F)c2-3)c(F)c1F. The summed E-state index contributed by atoms with van der Waals surface area (Å²) in [6.07, 6.45) is 0. The molecule has 0 saturated carbocycles. The van der Waals surface area contributed by atoms with Gasteiger partial charge in [-0.2, -0.15) is 17.6 Å². The summed E-state index contributed by atoms with van der Waals surface area (Å²) in [5.41, 5.74) is -12.4. The summed E-state index contributed by atoms with van der Waals surface area (Å²) in [6.45, 7) is 0. The lowest BCUT2D eigenvalue weighted by Crippen LogP contribution is -2.49. The van der Waals surface area contributed by atoms with Gasteiger partial charge in [0.15, 0.2) is 69.7 Å². The summed E-state index contributed by atoms with van der Waals surface area (Å²) in [6, 6.07) is 1.42. The van der Waals surface area contributed by atoms with Crippen molar-refractivity contribution in [1.82, 2.24) is 0 Å². The zero-order valence-corrected chi connectivity index (χ0v) is 22.9. The first-order valence-electron chi connectivity index (χ1n) is 12.8. The summed E-state index contributed by atoms with van der Waals surface area (Å²) >= 11 is 0. The normalized spacial score (nSPS) is 13.2. The predicted molar refractivity (Wildman–Crippen MR) is 131 cm³/mol. The van der Waals surface area contributed by atoms with Gasteiger partial charge in [0.05, 0.1) is 16.4 Å². The molecule has 0 bridgehead atoms. The Kier molecular flexibility index (Phi) is 7.90. The van der Waals surface area contributed by atoms with Gasteiger partial charge in [-0.25, -0.2) is 61.5 Å². The molecule has 0 N–H and O–H groups in total. The molecular weight excluding hydrogens is 733 g/mol. The van der Waals surface area contributed by atoms with Crippen molar-refractivity contribution >= 4 is 23.4 Å². The van der Waals surface area contributed by atoms with E-state index in [1.54, 1.807) is 0 Å². The number of benzene rings is 5. The molecule has 21 heteroatoms. The minimum atomic E-state index is -5.57. The van der Waals surface area contributed by atoms with Gasteiger partial charge in [-0.1, -0.05) is 12.1 Å². The van der Waals surface area contributed by atoms with Crippen LogP contribution in [0.2, 0.25) is 0 Å². The lowest BCUT2D eigenvalue weighted by atomic mass is 9.72. The number of hydrogen-bond acceptors (Lipinski definition) is 2. The van der Waals surface area contributed by atoms with Crippen molar-refractivity contribution in [1.29, 1.82) is 0 Å². The van der Waals surface area contributed by atoms with Crippen LogP contribution in [0.4, 0.5) is 79.0 Å². The molecule has 5 aromatic rings. The van der Waals surface area contributed by atoms with Gasteiger partial charge in [0, 0.05) is 22.1 Å². The standard InChI is InChI=1S/C29H3BF18O2/c31-12-4-2-1-3-5(6(4)13(32)20(39)18(12)37)49-30(50-28-26(45)24(43)23(42)25(44)27(28)46)11-9-7(14(33)19(38)17(11)36)8-10(29(9,47)48)16(35)22(41)21(40)15(8)34/h1-3H. The van der Waals surface area contributed by atoms with Crippen LogP contribution < -0.4 is 14.8 Å². The van der Waals surface area contributed by atoms with E-state index < -0.39 is 156 Å². The largest absolute Gasteiger partial charge is 0.636 e. The van der Waals surface area contributed by atoms with Crippen molar-refractivity contribution in [3.05, 3.63) is 122 Å².